The molecule has 0 aromatic carbocycles. The van der Waals surface area contributed by atoms with Crippen molar-refractivity contribution >= 4 is 6.03 Å². The van der Waals surface area contributed by atoms with Crippen molar-refractivity contribution in [3.8, 4) is 0 Å². The van der Waals surface area contributed by atoms with Gasteiger partial charge in [0.15, 0.2) is 0 Å². The lowest BCUT2D eigenvalue weighted by molar-refractivity contribution is 0.0444. The van der Waals surface area contributed by atoms with Gasteiger partial charge in [0, 0.05) is 19.5 Å². The second kappa shape index (κ2) is 6.35. The van der Waals surface area contributed by atoms with Gasteiger partial charge in [-0.15, -0.1) is 0 Å². The van der Waals surface area contributed by atoms with Crippen LogP contribution in [0, 0.1) is 17.8 Å². The highest BCUT2D eigenvalue weighted by Gasteiger charge is 2.42. The van der Waals surface area contributed by atoms with E-state index >= 15 is 0 Å². The van der Waals surface area contributed by atoms with Gasteiger partial charge in [-0.05, 0) is 17.8 Å². The largest absolute Gasteiger partial charge is 0.381 e. The molecule has 1 aromatic rings. The Morgan fingerprint density at radius 2 is 2.08 bits per heavy atom. The Kier molecular flexibility index (Phi) is 4.20. The number of β-amino-alcohol motifs (C(OH)–C–C–N with tert-alkyl or cyclic N) is 1. The van der Waals surface area contributed by atoms with Crippen LogP contribution in [0.4, 0.5) is 4.79 Å². The molecule has 7 nitrogen and oxygen atoms in total. The lowest BCUT2D eigenvalue weighted by atomic mass is 9.64. The molecule has 2 heterocycles. The monoisotopic (exact) mass is 333 g/mol. The minimum atomic E-state index is -1.08. The van der Waals surface area contributed by atoms with E-state index in [0.29, 0.717) is 24.6 Å². The third-order valence-electron chi connectivity index (χ3n) is 6.43. The molecule has 4 rings (SSSR count). The number of amides is 2. The zero-order chi connectivity index (χ0) is 16.6. The molecule has 1 saturated heterocycles. The number of nitrogens with zero attached hydrogens (tertiary/aromatic N) is 3. The van der Waals surface area contributed by atoms with Crippen molar-refractivity contribution in [2.75, 3.05) is 19.6 Å². The van der Waals surface area contributed by atoms with E-state index in [1.54, 1.807) is 4.90 Å². The molecule has 0 spiro atoms. The molecule has 3 aliphatic rings. The summed E-state index contributed by atoms with van der Waals surface area (Å²) in [4.78, 5) is 14.2. The Labute approximate surface area is 142 Å². The molecular weight excluding hydrogens is 306 g/mol. The molecule has 3 fully saturated rings. The van der Waals surface area contributed by atoms with Crippen LogP contribution < -0.4 is 5.32 Å². The molecule has 132 valence electrons. The van der Waals surface area contributed by atoms with E-state index in [2.05, 4.69) is 20.7 Å². The number of hydrogen-bond donors (Lipinski definition) is 3. The molecule has 24 heavy (non-hydrogen) atoms. The molecule has 1 atom stereocenters. The molecule has 2 saturated carbocycles. The number of nitrogens with one attached hydrogen (secondary N) is 2. The fraction of sp³-hybridized carbons (Fsp3) is 0.824. The van der Waals surface area contributed by atoms with Gasteiger partial charge < -0.3 is 15.3 Å². The summed E-state index contributed by atoms with van der Waals surface area (Å²) in [5.41, 5.74) is -0.564. The van der Waals surface area contributed by atoms with Gasteiger partial charge in [-0.3, -0.25) is 0 Å². The van der Waals surface area contributed by atoms with Crippen molar-refractivity contribution in [3.63, 3.8) is 0 Å². The summed E-state index contributed by atoms with van der Waals surface area (Å²) in [6, 6.07) is -0.0573. The second-order valence-corrected chi connectivity index (χ2v) is 7.79. The van der Waals surface area contributed by atoms with Gasteiger partial charge in [-0.2, -0.15) is 15.4 Å². The number of aromatic nitrogens is 3. The third kappa shape index (κ3) is 2.90. The molecular formula is C17H27N5O2. The Hall–Kier alpha value is -1.63. The number of carbonyl (C=O) groups is 1. The predicted molar refractivity (Wildman–Crippen MR) is 88.0 cm³/mol. The summed E-state index contributed by atoms with van der Waals surface area (Å²) in [5, 5.41) is 24.1. The van der Waals surface area contributed by atoms with Crippen molar-refractivity contribution in [2.24, 2.45) is 17.8 Å². The third-order valence-corrected chi connectivity index (χ3v) is 6.43. The normalized spacial score (nSPS) is 28.0. The van der Waals surface area contributed by atoms with Gasteiger partial charge in [0.25, 0.3) is 0 Å². The van der Waals surface area contributed by atoms with Gasteiger partial charge in [0.2, 0.25) is 0 Å². The highest BCUT2D eigenvalue weighted by Crippen LogP contribution is 2.44. The molecule has 1 aliphatic heterocycles. The zero-order valence-electron chi connectivity index (χ0n) is 14.1. The quantitative estimate of drug-likeness (QED) is 0.763. The minimum Gasteiger partial charge on any atom is -0.381 e. The fourth-order valence-corrected chi connectivity index (χ4v) is 4.37. The van der Waals surface area contributed by atoms with Crippen molar-refractivity contribution in [1.82, 2.24) is 25.6 Å². The highest BCUT2D eigenvalue weighted by atomic mass is 16.3. The average Bonchev–Trinajstić information content (AvgIpc) is 3.10. The summed E-state index contributed by atoms with van der Waals surface area (Å²) >= 11 is 0. The first-order chi connectivity index (χ1) is 11.7. The number of carbonyl (C=O) groups excluding carboxylic acids is 1. The van der Waals surface area contributed by atoms with E-state index < -0.39 is 5.60 Å². The van der Waals surface area contributed by atoms with Crippen molar-refractivity contribution in [2.45, 2.75) is 50.5 Å². The molecule has 2 amide bonds. The molecule has 7 heteroatoms. The maximum Gasteiger partial charge on any atom is 0.317 e. The lowest BCUT2D eigenvalue weighted by Gasteiger charge is -2.42. The number of urea groups is 1. The number of H-pyrrole nitrogens is 1. The number of likely N-dealkylation sites (tertiary alicyclic amines) is 1. The smallest absolute Gasteiger partial charge is 0.317 e. The van der Waals surface area contributed by atoms with E-state index in [4.69, 9.17) is 0 Å². The molecule has 2 aliphatic carbocycles. The van der Waals surface area contributed by atoms with Crippen LogP contribution in [0.2, 0.25) is 0 Å². The van der Waals surface area contributed by atoms with Crippen LogP contribution in [0.15, 0.2) is 6.20 Å². The van der Waals surface area contributed by atoms with Gasteiger partial charge >= 0.3 is 6.03 Å². The van der Waals surface area contributed by atoms with Crippen molar-refractivity contribution < 1.29 is 9.90 Å². The number of aliphatic hydroxyl groups is 1. The first kappa shape index (κ1) is 15.9. The average molecular weight is 333 g/mol. The first-order valence-electron chi connectivity index (χ1n) is 9.27. The Morgan fingerprint density at radius 1 is 1.38 bits per heavy atom. The Bertz CT molecular complexity index is 556. The lowest BCUT2D eigenvalue weighted by Crippen LogP contribution is -2.46. The molecule has 1 unspecified atom stereocenters. The van der Waals surface area contributed by atoms with Crippen molar-refractivity contribution in [1.29, 1.82) is 0 Å². The van der Waals surface area contributed by atoms with E-state index in [9.17, 15) is 9.90 Å². The van der Waals surface area contributed by atoms with Crippen LogP contribution in [0.25, 0.3) is 0 Å². The van der Waals surface area contributed by atoms with Crippen LogP contribution in [0.3, 0.4) is 0 Å². The topological polar surface area (TPSA) is 94.1 Å². The number of rotatable bonds is 5. The van der Waals surface area contributed by atoms with Gasteiger partial charge in [-0.25, -0.2) is 4.79 Å². The predicted octanol–water partition coefficient (Wildman–Crippen LogP) is 1.62. The van der Waals surface area contributed by atoms with Crippen LogP contribution in [-0.2, 0) is 5.60 Å². The summed E-state index contributed by atoms with van der Waals surface area (Å²) in [6.45, 7) is 1.61. The number of hydrogen-bond acceptors (Lipinski definition) is 4. The standard InChI is InChI=1S/C17H27N5O2/c23-16(18-9-14(12-3-1-4-12)13-5-2-6-13)22-8-7-17(24,11-22)15-10-19-21-20-15/h10,12-14,24H,1-9,11H2,(H,18,23)(H,19,20,21). The van der Waals surface area contributed by atoms with Gasteiger partial charge in [-0.1, -0.05) is 38.5 Å². The molecule has 0 bridgehead atoms. The van der Waals surface area contributed by atoms with Crippen LogP contribution in [0.1, 0.15) is 50.6 Å². The highest BCUT2D eigenvalue weighted by molar-refractivity contribution is 5.74. The molecule has 0 radical (unpaired) electrons. The summed E-state index contributed by atoms with van der Waals surface area (Å²) < 4.78 is 0. The van der Waals surface area contributed by atoms with E-state index in [0.717, 1.165) is 18.4 Å². The maximum atomic E-state index is 12.5. The van der Waals surface area contributed by atoms with Crippen LogP contribution in [-0.4, -0.2) is 51.1 Å². The molecule has 3 N–H and O–H groups in total. The second-order valence-electron chi connectivity index (χ2n) is 7.79. The zero-order valence-corrected chi connectivity index (χ0v) is 14.1. The summed E-state index contributed by atoms with van der Waals surface area (Å²) in [6.07, 6.45) is 10.0. The van der Waals surface area contributed by atoms with Crippen LogP contribution in [0.5, 0.6) is 0 Å². The van der Waals surface area contributed by atoms with Crippen molar-refractivity contribution in [3.05, 3.63) is 11.9 Å². The fourth-order valence-electron chi connectivity index (χ4n) is 4.37. The Balaban J connectivity index is 1.31. The molecule has 1 aromatic heterocycles. The van der Waals surface area contributed by atoms with Gasteiger partial charge in [0.05, 0.1) is 12.7 Å². The van der Waals surface area contributed by atoms with Crippen LogP contribution >= 0.6 is 0 Å². The number of aromatic amines is 1. The minimum absolute atomic E-state index is 0.0573. The first-order valence-corrected chi connectivity index (χ1v) is 9.27. The van der Waals surface area contributed by atoms with Gasteiger partial charge in [0.1, 0.15) is 11.3 Å². The van der Waals surface area contributed by atoms with E-state index in [1.807, 2.05) is 0 Å². The maximum absolute atomic E-state index is 12.5. The van der Waals surface area contributed by atoms with E-state index in [1.165, 1.54) is 44.7 Å². The SMILES string of the molecule is O=C(NCC(C1CCC1)C1CCC1)N1CCC(O)(c2cn[nH]n2)C1. The summed E-state index contributed by atoms with van der Waals surface area (Å²) in [7, 11) is 0. The van der Waals surface area contributed by atoms with E-state index in [-0.39, 0.29) is 12.6 Å². The Morgan fingerprint density at radius 3 is 2.62 bits per heavy atom. The summed E-state index contributed by atoms with van der Waals surface area (Å²) in [5.74, 6) is 2.26.